The highest BCUT2D eigenvalue weighted by molar-refractivity contribution is 5.86. The first-order chi connectivity index (χ1) is 9.90. The van der Waals surface area contributed by atoms with E-state index in [1.54, 1.807) is 24.1 Å². The SMILES string of the molecule is CN(Cc1ccc(OC(F)F)cc1)C(=O)C1(C)CCCN1. The lowest BCUT2D eigenvalue weighted by Crippen LogP contribution is -2.51. The van der Waals surface area contributed by atoms with E-state index in [-0.39, 0.29) is 11.7 Å². The average molecular weight is 298 g/mol. The van der Waals surface area contributed by atoms with E-state index in [2.05, 4.69) is 10.1 Å². The van der Waals surface area contributed by atoms with Crippen molar-refractivity contribution >= 4 is 5.91 Å². The number of carbonyl (C=O) groups excluding carboxylic acids is 1. The van der Waals surface area contributed by atoms with Crippen LogP contribution in [0.25, 0.3) is 0 Å². The largest absolute Gasteiger partial charge is 0.435 e. The highest BCUT2D eigenvalue weighted by atomic mass is 19.3. The number of rotatable bonds is 5. The summed E-state index contributed by atoms with van der Waals surface area (Å²) in [5.74, 6) is 0.167. The Hall–Kier alpha value is -1.69. The molecule has 1 N–H and O–H groups in total. The van der Waals surface area contributed by atoms with E-state index in [4.69, 9.17) is 0 Å². The Morgan fingerprint density at radius 1 is 1.43 bits per heavy atom. The molecule has 1 aliphatic heterocycles. The predicted octanol–water partition coefficient (Wildman–Crippen LogP) is 2.39. The zero-order valence-electron chi connectivity index (χ0n) is 12.2. The quantitative estimate of drug-likeness (QED) is 0.907. The minimum absolute atomic E-state index is 0.0490. The van der Waals surface area contributed by atoms with Crippen LogP contribution in [0.1, 0.15) is 25.3 Å². The molecule has 1 aromatic carbocycles. The lowest BCUT2D eigenvalue weighted by atomic mass is 9.98. The molecule has 0 aliphatic carbocycles. The Morgan fingerprint density at radius 2 is 2.10 bits per heavy atom. The van der Waals surface area contributed by atoms with Crippen molar-refractivity contribution < 1.29 is 18.3 Å². The van der Waals surface area contributed by atoms with E-state index in [0.717, 1.165) is 24.9 Å². The van der Waals surface area contributed by atoms with Crippen molar-refractivity contribution in [3.8, 4) is 5.75 Å². The van der Waals surface area contributed by atoms with Gasteiger partial charge in [0.1, 0.15) is 5.75 Å². The van der Waals surface area contributed by atoms with Crippen LogP contribution in [0.3, 0.4) is 0 Å². The molecule has 21 heavy (non-hydrogen) atoms. The summed E-state index contributed by atoms with van der Waals surface area (Å²) in [7, 11) is 1.75. The molecule has 0 saturated carbocycles. The molecule has 1 saturated heterocycles. The summed E-state index contributed by atoms with van der Waals surface area (Å²) >= 11 is 0. The number of alkyl halides is 2. The van der Waals surface area contributed by atoms with Crippen molar-refractivity contribution in [2.45, 2.75) is 38.5 Å². The molecule has 1 atom stereocenters. The van der Waals surface area contributed by atoms with E-state index in [9.17, 15) is 13.6 Å². The maximum absolute atomic E-state index is 12.4. The summed E-state index contributed by atoms with van der Waals surface area (Å²) < 4.78 is 28.4. The molecule has 1 amide bonds. The molecule has 0 aromatic heterocycles. The van der Waals surface area contributed by atoms with Gasteiger partial charge in [-0.2, -0.15) is 8.78 Å². The summed E-state index contributed by atoms with van der Waals surface area (Å²) in [6.07, 6.45) is 1.83. The van der Waals surface area contributed by atoms with Crippen LogP contribution in [-0.4, -0.2) is 36.5 Å². The second-order valence-corrected chi connectivity index (χ2v) is 5.55. The second kappa shape index (κ2) is 6.39. The Kier molecular flexibility index (Phi) is 4.77. The summed E-state index contributed by atoms with van der Waals surface area (Å²) in [5, 5.41) is 3.24. The predicted molar refractivity (Wildman–Crippen MR) is 75.2 cm³/mol. The van der Waals surface area contributed by atoms with E-state index in [0.29, 0.717) is 6.54 Å². The average Bonchev–Trinajstić information content (AvgIpc) is 2.87. The molecule has 1 fully saturated rings. The van der Waals surface area contributed by atoms with Gasteiger partial charge in [-0.3, -0.25) is 4.79 Å². The molecular formula is C15H20F2N2O2. The van der Waals surface area contributed by atoms with Crippen LogP contribution in [-0.2, 0) is 11.3 Å². The van der Waals surface area contributed by atoms with Crippen LogP contribution < -0.4 is 10.1 Å². The molecule has 116 valence electrons. The Bertz CT molecular complexity index is 485. The minimum atomic E-state index is -2.83. The number of ether oxygens (including phenoxy) is 1. The molecule has 0 spiro atoms. The van der Waals surface area contributed by atoms with Crippen molar-refractivity contribution in [1.29, 1.82) is 0 Å². The van der Waals surface area contributed by atoms with Gasteiger partial charge in [-0.1, -0.05) is 12.1 Å². The molecule has 6 heteroatoms. The van der Waals surface area contributed by atoms with Crippen LogP contribution in [0.5, 0.6) is 5.75 Å². The number of amides is 1. The standard InChI is InChI=1S/C15H20F2N2O2/c1-15(8-3-9-18-15)13(20)19(2)10-11-4-6-12(7-5-11)21-14(16)17/h4-7,14,18H,3,8-10H2,1-2H3. The van der Waals surface area contributed by atoms with Crippen molar-refractivity contribution in [2.75, 3.05) is 13.6 Å². The number of hydrogen-bond acceptors (Lipinski definition) is 3. The number of carbonyl (C=O) groups is 1. The second-order valence-electron chi connectivity index (χ2n) is 5.55. The van der Waals surface area contributed by atoms with Crippen LogP contribution in [0.2, 0.25) is 0 Å². The third-order valence-electron chi connectivity index (χ3n) is 3.76. The molecule has 1 heterocycles. The molecule has 1 unspecified atom stereocenters. The van der Waals surface area contributed by atoms with Gasteiger partial charge in [0.05, 0.1) is 5.54 Å². The van der Waals surface area contributed by atoms with E-state index in [1.165, 1.54) is 12.1 Å². The van der Waals surface area contributed by atoms with Gasteiger partial charge in [0.25, 0.3) is 0 Å². The summed E-state index contributed by atoms with van der Waals surface area (Å²) in [5.41, 5.74) is 0.377. The minimum Gasteiger partial charge on any atom is -0.435 e. The Morgan fingerprint density at radius 3 is 2.62 bits per heavy atom. The van der Waals surface area contributed by atoms with E-state index >= 15 is 0 Å². The monoisotopic (exact) mass is 298 g/mol. The fourth-order valence-electron chi connectivity index (χ4n) is 2.62. The van der Waals surface area contributed by atoms with E-state index in [1.807, 2.05) is 6.92 Å². The number of halogens is 2. The van der Waals surface area contributed by atoms with Gasteiger partial charge in [-0.25, -0.2) is 0 Å². The summed E-state index contributed by atoms with van der Waals surface area (Å²) in [6, 6.07) is 6.34. The van der Waals surface area contributed by atoms with Crippen molar-refractivity contribution in [2.24, 2.45) is 0 Å². The van der Waals surface area contributed by atoms with Crippen LogP contribution in [0, 0.1) is 0 Å². The van der Waals surface area contributed by atoms with Gasteiger partial charge in [-0.15, -0.1) is 0 Å². The van der Waals surface area contributed by atoms with Crippen LogP contribution in [0.15, 0.2) is 24.3 Å². The molecule has 1 aromatic rings. The van der Waals surface area contributed by atoms with Crippen LogP contribution in [0.4, 0.5) is 8.78 Å². The molecular weight excluding hydrogens is 278 g/mol. The fourth-order valence-corrected chi connectivity index (χ4v) is 2.62. The third kappa shape index (κ3) is 3.91. The number of nitrogens with one attached hydrogen (secondary N) is 1. The summed E-state index contributed by atoms with van der Waals surface area (Å²) in [4.78, 5) is 14.1. The number of likely N-dealkylation sites (N-methyl/N-ethyl adjacent to an activating group) is 1. The molecule has 0 radical (unpaired) electrons. The zero-order valence-corrected chi connectivity index (χ0v) is 12.2. The number of nitrogens with zero attached hydrogens (tertiary/aromatic N) is 1. The maximum Gasteiger partial charge on any atom is 0.387 e. The first-order valence-electron chi connectivity index (χ1n) is 6.95. The topological polar surface area (TPSA) is 41.6 Å². The van der Waals surface area contributed by atoms with Gasteiger partial charge in [0, 0.05) is 13.6 Å². The maximum atomic E-state index is 12.4. The Balaban J connectivity index is 1.96. The molecule has 4 nitrogen and oxygen atoms in total. The third-order valence-corrected chi connectivity index (χ3v) is 3.76. The van der Waals surface area contributed by atoms with Gasteiger partial charge in [0.15, 0.2) is 0 Å². The molecule has 1 aliphatic rings. The lowest BCUT2D eigenvalue weighted by molar-refractivity contribution is -0.136. The normalized spacial score (nSPS) is 21.6. The molecule has 0 bridgehead atoms. The van der Waals surface area contributed by atoms with Gasteiger partial charge >= 0.3 is 6.61 Å². The van der Waals surface area contributed by atoms with Crippen molar-refractivity contribution in [3.05, 3.63) is 29.8 Å². The van der Waals surface area contributed by atoms with Gasteiger partial charge < -0.3 is 15.0 Å². The first kappa shape index (κ1) is 15.7. The smallest absolute Gasteiger partial charge is 0.387 e. The van der Waals surface area contributed by atoms with Gasteiger partial charge in [0.2, 0.25) is 5.91 Å². The first-order valence-corrected chi connectivity index (χ1v) is 6.95. The van der Waals surface area contributed by atoms with E-state index < -0.39 is 12.2 Å². The molecule has 2 rings (SSSR count). The highest BCUT2D eigenvalue weighted by Crippen LogP contribution is 2.22. The highest BCUT2D eigenvalue weighted by Gasteiger charge is 2.37. The lowest BCUT2D eigenvalue weighted by Gasteiger charge is -2.29. The Labute approximate surface area is 123 Å². The van der Waals surface area contributed by atoms with Crippen molar-refractivity contribution in [1.82, 2.24) is 10.2 Å². The van der Waals surface area contributed by atoms with Crippen LogP contribution >= 0.6 is 0 Å². The summed E-state index contributed by atoms with van der Waals surface area (Å²) in [6.45, 7) is 0.382. The number of benzene rings is 1. The zero-order chi connectivity index (χ0) is 15.5. The van der Waals surface area contributed by atoms with Crippen molar-refractivity contribution in [3.63, 3.8) is 0 Å². The van der Waals surface area contributed by atoms with Gasteiger partial charge in [-0.05, 0) is 44.0 Å². The number of hydrogen-bond donors (Lipinski definition) is 1. The fraction of sp³-hybridized carbons (Fsp3) is 0.533.